The number of thioether (sulfide) groups is 1. The van der Waals surface area contributed by atoms with E-state index in [2.05, 4.69) is 4.99 Å². The summed E-state index contributed by atoms with van der Waals surface area (Å²) in [6.45, 7) is 3.02. The summed E-state index contributed by atoms with van der Waals surface area (Å²) in [5.74, 6) is 0.954. The van der Waals surface area contributed by atoms with E-state index in [0.29, 0.717) is 15.6 Å². The van der Waals surface area contributed by atoms with Gasteiger partial charge in [-0.3, -0.25) is 9.79 Å². The van der Waals surface area contributed by atoms with Gasteiger partial charge in [-0.05, 0) is 43.2 Å². The summed E-state index contributed by atoms with van der Waals surface area (Å²) in [4.78, 5) is 19.5. The van der Waals surface area contributed by atoms with Crippen LogP contribution in [0.15, 0.2) is 47.5 Å². The van der Waals surface area contributed by atoms with E-state index in [1.807, 2.05) is 36.1 Å². The Morgan fingerprint density at radius 1 is 1.23 bits per heavy atom. The molecule has 7 heteroatoms. The molecule has 0 atom stereocenters. The molecule has 1 aliphatic heterocycles. The summed E-state index contributed by atoms with van der Waals surface area (Å²) in [5, 5.41) is 1.78. The topological polar surface area (TPSA) is 32.7 Å². The molecule has 0 bridgehead atoms. The second-order valence-corrected chi connectivity index (χ2v) is 7.69. The molecule has 3 nitrogen and oxygen atoms in total. The Balaban J connectivity index is 0.00000243. The Hall–Kier alpha value is -1.01. The van der Waals surface area contributed by atoms with Crippen LogP contribution in [0.25, 0.3) is 0 Å². The first kappa shape index (κ1) is 21.3. The summed E-state index contributed by atoms with van der Waals surface area (Å²) in [6.07, 6.45) is 1.06. The van der Waals surface area contributed by atoms with E-state index in [4.69, 9.17) is 23.2 Å². The van der Waals surface area contributed by atoms with Crippen molar-refractivity contribution in [1.29, 1.82) is 0 Å². The molecule has 3 rings (SSSR count). The van der Waals surface area contributed by atoms with Crippen LogP contribution in [-0.4, -0.2) is 29.8 Å². The summed E-state index contributed by atoms with van der Waals surface area (Å²) >= 11 is 13.8. The molecular formula is C19H19BrCl2N2OS. The lowest BCUT2D eigenvalue weighted by Gasteiger charge is -2.28. The van der Waals surface area contributed by atoms with Crippen molar-refractivity contribution in [3.8, 4) is 0 Å². The molecule has 0 aliphatic carbocycles. The van der Waals surface area contributed by atoms with E-state index < -0.39 is 0 Å². The number of Topliss-reactive ketones (excluding diaryl/α,β-unsaturated/α-hetero) is 1. The van der Waals surface area contributed by atoms with Crippen LogP contribution >= 0.6 is 51.9 Å². The maximum atomic E-state index is 12.9. The van der Waals surface area contributed by atoms with E-state index in [-0.39, 0.29) is 29.3 Å². The SMILES string of the molecule is Br.Cc1ccccc1N(CC(=O)c1ccc(Cl)cc1Cl)C1=NCCCS1. The van der Waals surface area contributed by atoms with Gasteiger partial charge in [0.2, 0.25) is 0 Å². The standard InChI is InChI=1S/C19H18Cl2N2OS.BrH/c1-13-5-2-3-6-17(13)23(19-22-9-4-10-25-19)12-18(24)15-8-7-14(20)11-16(15)21;/h2-3,5-8,11H,4,9-10,12H2,1H3;1H. The fourth-order valence-corrected chi connectivity index (χ4v) is 4.15. The van der Waals surface area contributed by atoms with Crippen LogP contribution in [0.5, 0.6) is 0 Å². The Labute approximate surface area is 178 Å². The predicted molar refractivity (Wildman–Crippen MR) is 119 cm³/mol. The number of anilines is 1. The number of carbonyl (C=O) groups is 1. The zero-order chi connectivity index (χ0) is 17.8. The highest BCUT2D eigenvalue weighted by Gasteiger charge is 2.22. The van der Waals surface area contributed by atoms with Crippen molar-refractivity contribution in [2.45, 2.75) is 13.3 Å². The minimum absolute atomic E-state index is 0. The van der Waals surface area contributed by atoms with Gasteiger partial charge in [0, 0.05) is 28.6 Å². The Morgan fingerprint density at radius 3 is 2.65 bits per heavy atom. The third kappa shape index (κ3) is 5.03. The number of rotatable bonds is 4. The van der Waals surface area contributed by atoms with Gasteiger partial charge < -0.3 is 4.90 Å². The molecule has 0 saturated carbocycles. The van der Waals surface area contributed by atoms with Crippen molar-refractivity contribution < 1.29 is 4.79 Å². The number of aryl methyl sites for hydroxylation is 1. The maximum absolute atomic E-state index is 12.9. The molecule has 0 unspecified atom stereocenters. The largest absolute Gasteiger partial charge is 0.313 e. The van der Waals surface area contributed by atoms with Crippen LogP contribution in [-0.2, 0) is 0 Å². The van der Waals surface area contributed by atoms with Gasteiger partial charge in [0.1, 0.15) is 0 Å². The highest BCUT2D eigenvalue weighted by atomic mass is 79.9. The number of benzene rings is 2. The Bertz CT molecular complexity index is 829. The third-order valence-electron chi connectivity index (χ3n) is 3.95. The first-order valence-electron chi connectivity index (χ1n) is 8.05. The first-order chi connectivity index (χ1) is 12.1. The molecule has 0 saturated heterocycles. The highest BCUT2D eigenvalue weighted by Crippen LogP contribution is 2.27. The summed E-state index contributed by atoms with van der Waals surface area (Å²) in [5.41, 5.74) is 2.58. The van der Waals surface area contributed by atoms with E-state index in [9.17, 15) is 4.79 Å². The van der Waals surface area contributed by atoms with Crippen molar-refractivity contribution >= 4 is 68.6 Å². The molecule has 0 radical (unpaired) electrons. The Kier molecular flexibility index (Phi) is 8.02. The number of halogens is 3. The van der Waals surface area contributed by atoms with Gasteiger partial charge >= 0.3 is 0 Å². The molecule has 2 aromatic carbocycles. The fourth-order valence-electron chi connectivity index (χ4n) is 2.68. The van der Waals surface area contributed by atoms with Crippen LogP contribution in [0, 0.1) is 6.92 Å². The normalized spacial score (nSPS) is 13.6. The number of amidine groups is 1. The first-order valence-corrected chi connectivity index (χ1v) is 9.79. The molecule has 0 amide bonds. The number of nitrogens with zero attached hydrogens (tertiary/aromatic N) is 2. The number of ketones is 1. The lowest BCUT2D eigenvalue weighted by atomic mass is 10.1. The second kappa shape index (κ2) is 9.79. The van der Waals surface area contributed by atoms with Gasteiger partial charge in [0.05, 0.1) is 11.6 Å². The van der Waals surface area contributed by atoms with E-state index >= 15 is 0 Å². The molecule has 0 spiro atoms. The van der Waals surface area contributed by atoms with Crippen molar-refractivity contribution in [3.63, 3.8) is 0 Å². The number of hydrogen-bond donors (Lipinski definition) is 0. The summed E-state index contributed by atoms with van der Waals surface area (Å²) in [7, 11) is 0. The average molecular weight is 474 g/mol. The van der Waals surface area contributed by atoms with E-state index in [0.717, 1.165) is 35.1 Å². The van der Waals surface area contributed by atoms with E-state index in [1.54, 1.807) is 30.0 Å². The van der Waals surface area contributed by atoms with E-state index in [1.165, 1.54) is 0 Å². The van der Waals surface area contributed by atoms with Gasteiger partial charge in [0.25, 0.3) is 0 Å². The third-order valence-corrected chi connectivity index (χ3v) is 5.60. The smallest absolute Gasteiger partial charge is 0.184 e. The molecule has 1 heterocycles. The minimum Gasteiger partial charge on any atom is -0.313 e. The molecular weight excluding hydrogens is 455 g/mol. The van der Waals surface area contributed by atoms with Gasteiger partial charge in [-0.25, -0.2) is 0 Å². The number of para-hydroxylation sites is 1. The number of aliphatic imine (C=N–C) groups is 1. The van der Waals surface area contributed by atoms with Crippen LogP contribution in [0.3, 0.4) is 0 Å². The molecule has 0 aromatic heterocycles. The molecule has 0 N–H and O–H groups in total. The highest BCUT2D eigenvalue weighted by molar-refractivity contribution is 8.93. The zero-order valence-electron chi connectivity index (χ0n) is 14.2. The van der Waals surface area contributed by atoms with Crippen molar-refractivity contribution in [2.24, 2.45) is 4.99 Å². The summed E-state index contributed by atoms with van der Waals surface area (Å²) in [6, 6.07) is 13.0. The molecule has 0 fully saturated rings. The van der Waals surface area contributed by atoms with Crippen molar-refractivity contribution in [1.82, 2.24) is 0 Å². The Morgan fingerprint density at radius 2 is 2.00 bits per heavy atom. The lowest BCUT2D eigenvalue weighted by molar-refractivity contribution is 0.100. The maximum Gasteiger partial charge on any atom is 0.184 e. The lowest BCUT2D eigenvalue weighted by Crippen LogP contribution is -2.36. The van der Waals surface area contributed by atoms with Crippen molar-refractivity contribution in [3.05, 3.63) is 63.6 Å². The summed E-state index contributed by atoms with van der Waals surface area (Å²) < 4.78 is 0. The molecule has 2 aromatic rings. The monoisotopic (exact) mass is 472 g/mol. The molecule has 26 heavy (non-hydrogen) atoms. The van der Waals surface area contributed by atoms with Crippen molar-refractivity contribution in [2.75, 3.05) is 23.7 Å². The predicted octanol–water partition coefficient (Wildman–Crippen LogP) is 6.06. The number of hydrogen-bond acceptors (Lipinski definition) is 4. The molecule has 1 aliphatic rings. The number of carbonyl (C=O) groups excluding carboxylic acids is 1. The van der Waals surface area contributed by atoms with Gasteiger partial charge in [0.15, 0.2) is 11.0 Å². The minimum atomic E-state index is -0.0567. The average Bonchev–Trinajstić information content (AvgIpc) is 2.61. The van der Waals surface area contributed by atoms with Crippen LogP contribution in [0.1, 0.15) is 22.3 Å². The zero-order valence-corrected chi connectivity index (χ0v) is 18.3. The van der Waals surface area contributed by atoms with Gasteiger partial charge in [-0.2, -0.15) is 0 Å². The fraction of sp³-hybridized carbons (Fsp3) is 0.263. The quantitative estimate of drug-likeness (QED) is 0.505. The van der Waals surface area contributed by atoms with Gasteiger partial charge in [-0.1, -0.05) is 53.2 Å². The van der Waals surface area contributed by atoms with Crippen LogP contribution < -0.4 is 4.90 Å². The second-order valence-electron chi connectivity index (χ2n) is 5.79. The molecule has 138 valence electrons. The van der Waals surface area contributed by atoms with Gasteiger partial charge in [-0.15, -0.1) is 17.0 Å². The van der Waals surface area contributed by atoms with Crippen LogP contribution in [0.2, 0.25) is 10.0 Å². The van der Waals surface area contributed by atoms with Crippen LogP contribution in [0.4, 0.5) is 5.69 Å².